The monoisotopic (exact) mass is 423 g/mol. The average Bonchev–Trinajstić information content (AvgIpc) is 3.29. The number of benzene rings is 2. The number of hydrogen-bond acceptors (Lipinski definition) is 4. The van der Waals surface area contributed by atoms with Crippen molar-refractivity contribution >= 4 is 23.2 Å². The lowest BCUT2D eigenvalue weighted by atomic mass is 9.98. The summed E-state index contributed by atoms with van der Waals surface area (Å²) in [4.78, 5) is 15.2. The molecule has 1 amide bonds. The first-order valence-electron chi connectivity index (χ1n) is 10.3. The number of piperidine rings is 1. The van der Waals surface area contributed by atoms with Crippen molar-refractivity contribution in [1.82, 2.24) is 20.1 Å². The van der Waals surface area contributed by atoms with Crippen molar-refractivity contribution in [1.29, 1.82) is 0 Å². The summed E-state index contributed by atoms with van der Waals surface area (Å²) in [5.74, 6) is 0.616. The third-order valence-corrected chi connectivity index (χ3v) is 6.12. The van der Waals surface area contributed by atoms with Gasteiger partial charge in [0, 0.05) is 24.5 Å². The van der Waals surface area contributed by atoms with Crippen LogP contribution in [0.25, 0.3) is 5.69 Å². The zero-order valence-electron chi connectivity index (χ0n) is 17.3. The van der Waals surface area contributed by atoms with Crippen LogP contribution in [-0.2, 0) is 0 Å². The molecule has 1 unspecified atom stereocenters. The Bertz CT molecular complexity index is 995. The number of nitrogens with zero attached hydrogens (tertiary/aromatic N) is 4. The molecule has 0 aliphatic carbocycles. The van der Waals surface area contributed by atoms with Crippen LogP contribution in [0.3, 0.4) is 0 Å². The Balaban J connectivity index is 1.41. The van der Waals surface area contributed by atoms with Crippen LogP contribution in [0.2, 0.25) is 5.02 Å². The normalized spacial score (nSPS) is 15.8. The van der Waals surface area contributed by atoms with Crippen LogP contribution in [0.15, 0.2) is 55.1 Å². The van der Waals surface area contributed by atoms with Crippen LogP contribution in [0.1, 0.15) is 48.7 Å². The summed E-state index contributed by atoms with van der Waals surface area (Å²) in [5.41, 5.74) is 3.56. The average molecular weight is 424 g/mol. The van der Waals surface area contributed by atoms with Gasteiger partial charge in [0.15, 0.2) is 0 Å². The van der Waals surface area contributed by atoms with Gasteiger partial charge in [-0.25, -0.2) is 0 Å². The minimum absolute atomic E-state index is 0.124. The summed E-state index contributed by atoms with van der Waals surface area (Å²) in [7, 11) is 0. The highest BCUT2D eigenvalue weighted by Crippen LogP contribution is 2.25. The molecule has 2 aromatic carbocycles. The van der Waals surface area contributed by atoms with Gasteiger partial charge in [-0.15, -0.1) is 10.2 Å². The molecule has 1 saturated heterocycles. The SMILES string of the molecule is CC1CCN(c2ccc(C(C)NC(=O)c3ccc(-n4cnnc4)cc3Cl)cc2)CC1. The Morgan fingerprint density at radius 2 is 1.70 bits per heavy atom. The first-order valence-corrected chi connectivity index (χ1v) is 10.7. The van der Waals surface area contributed by atoms with E-state index < -0.39 is 0 Å². The molecule has 0 saturated carbocycles. The Hall–Kier alpha value is -2.86. The summed E-state index contributed by atoms with van der Waals surface area (Å²) in [6.07, 6.45) is 5.65. The highest BCUT2D eigenvalue weighted by Gasteiger charge is 2.18. The molecule has 4 rings (SSSR count). The lowest BCUT2D eigenvalue weighted by Crippen LogP contribution is -2.32. The number of hydrogen-bond donors (Lipinski definition) is 1. The number of carbonyl (C=O) groups excluding carboxylic acids is 1. The van der Waals surface area contributed by atoms with E-state index in [1.54, 1.807) is 29.4 Å². The predicted octanol–water partition coefficient (Wildman–Crippen LogP) is 4.65. The van der Waals surface area contributed by atoms with Gasteiger partial charge in [0.1, 0.15) is 12.7 Å². The molecule has 6 nitrogen and oxygen atoms in total. The standard InChI is InChI=1S/C23H26ClN5O/c1-16-9-11-28(12-10-16)19-5-3-18(4-6-19)17(2)27-23(30)21-8-7-20(13-22(21)24)29-14-25-26-15-29/h3-8,13-17H,9-12H2,1-2H3,(H,27,30). The van der Waals surface area contributed by atoms with Gasteiger partial charge in [-0.2, -0.15) is 0 Å². The first kappa shape index (κ1) is 20.4. The summed E-state index contributed by atoms with van der Waals surface area (Å²) >= 11 is 6.37. The molecule has 0 spiro atoms. The lowest BCUT2D eigenvalue weighted by Gasteiger charge is -2.32. The van der Waals surface area contributed by atoms with Crippen molar-refractivity contribution in [2.45, 2.75) is 32.7 Å². The minimum Gasteiger partial charge on any atom is -0.372 e. The number of rotatable bonds is 5. The Morgan fingerprint density at radius 1 is 1.07 bits per heavy atom. The van der Waals surface area contributed by atoms with Crippen molar-refractivity contribution in [2.75, 3.05) is 18.0 Å². The van der Waals surface area contributed by atoms with Crippen LogP contribution < -0.4 is 10.2 Å². The van der Waals surface area contributed by atoms with Crippen molar-refractivity contribution in [2.24, 2.45) is 5.92 Å². The number of carbonyl (C=O) groups is 1. The fourth-order valence-corrected chi connectivity index (χ4v) is 4.04. The van der Waals surface area contributed by atoms with Crippen LogP contribution >= 0.6 is 11.6 Å². The minimum atomic E-state index is -0.197. The van der Waals surface area contributed by atoms with Crippen molar-refractivity contribution in [3.05, 3.63) is 71.3 Å². The first-order chi connectivity index (χ1) is 14.5. The summed E-state index contributed by atoms with van der Waals surface area (Å²) in [6.45, 7) is 6.52. The van der Waals surface area contributed by atoms with Crippen molar-refractivity contribution < 1.29 is 4.79 Å². The lowest BCUT2D eigenvalue weighted by molar-refractivity contribution is 0.0940. The van der Waals surface area contributed by atoms with Crippen LogP contribution in [0, 0.1) is 5.92 Å². The van der Waals surface area contributed by atoms with Gasteiger partial charge in [0.25, 0.3) is 5.91 Å². The molecule has 1 aliphatic heterocycles. The molecule has 1 aromatic heterocycles. The number of nitrogens with one attached hydrogen (secondary N) is 1. The summed E-state index contributed by atoms with van der Waals surface area (Å²) in [5, 5.41) is 11.0. The van der Waals surface area contributed by atoms with Gasteiger partial charge in [-0.05, 0) is 61.6 Å². The molecule has 1 atom stereocenters. The molecule has 0 radical (unpaired) electrons. The second kappa shape index (κ2) is 8.88. The Morgan fingerprint density at radius 3 is 2.33 bits per heavy atom. The van der Waals surface area contributed by atoms with E-state index in [0.29, 0.717) is 10.6 Å². The van der Waals surface area contributed by atoms with Gasteiger partial charge < -0.3 is 10.2 Å². The van der Waals surface area contributed by atoms with E-state index in [1.165, 1.54) is 18.5 Å². The molecule has 0 bridgehead atoms. The van der Waals surface area contributed by atoms with E-state index >= 15 is 0 Å². The molecule has 3 aromatic rings. The number of aromatic nitrogens is 3. The van der Waals surface area contributed by atoms with Crippen molar-refractivity contribution in [3.8, 4) is 5.69 Å². The molecule has 7 heteroatoms. The number of amides is 1. The van der Waals surface area contributed by atoms with Gasteiger partial charge >= 0.3 is 0 Å². The quantitative estimate of drug-likeness (QED) is 0.648. The predicted molar refractivity (Wildman–Crippen MR) is 119 cm³/mol. The Labute approximate surface area is 181 Å². The van der Waals surface area contributed by atoms with Gasteiger partial charge in [-0.3, -0.25) is 9.36 Å². The summed E-state index contributed by atoms with van der Waals surface area (Å²) in [6, 6.07) is 13.6. The van der Waals surface area contributed by atoms with Gasteiger partial charge in [0.2, 0.25) is 0 Å². The summed E-state index contributed by atoms with van der Waals surface area (Å²) < 4.78 is 1.74. The second-order valence-corrected chi connectivity index (χ2v) is 8.40. The van der Waals surface area contributed by atoms with Crippen LogP contribution in [0.5, 0.6) is 0 Å². The largest absolute Gasteiger partial charge is 0.372 e. The van der Waals surface area contributed by atoms with Crippen LogP contribution in [-0.4, -0.2) is 33.8 Å². The van der Waals surface area contributed by atoms with Gasteiger partial charge in [0.05, 0.1) is 16.6 Å². The highest BCUT2D eigenvalue weighted by atomic mass is 35.5. The molecule has 30 heavy (non-hydrogen) atoms. The van der Waals surface area contributed by atoms with E-state index in [-0.39, 0.29) is 11.9 Å². The fraction of sp³-hybridized carbons (Fsp3) is 0.348. The molecule has 1 fully saturated rings. The third kappa shape index (κ3) is 4.49. The number of halogens is 1. The van der Waals surface area contributed by atoms with E-state index in [1.807, 2.05) is 13.0 Å². The topological polar surface area (TPSA) is 63.1 Å². The fourth-order valence-electron chi connectivity index (χ4n) is 3.78. The molecule has 1 N–H and O–H groups in total. The molecule has 2 heterocycles. The zero-order valence-corrected chi connectivity index (χ0v) is 18.0. The number of anilines is 1. The molecular weight excluding hydrogens is 398 g/mol. The third-order valence-electron chi connectivity index (χ3n) is 5.80. The smallest absolute Gasteiger partial charge is 0.253 e. The van der Waals surface area contributed by atoms with E-state index in [0.717, 1.165) is 30.3 Å². The highest BCUT2D eigenvalue weighted by molar-refractivity contribution is 6.34. The maximum Gasteiger partial charge on any atom is 0.253 e. The molecular formula is C23H26ClN5O. The molecule has 1 aliphatic rings. The van der Waals surface area contributed by atoms with E-state index in [2.05, 4.69) is 51.6 Å². The van der Waals surface area contributed by atoms with Crippen molar-refractivity contribution in [3.63, 3.8) is 0 Å². The second-order valence-electron chi connectivity index (χ2n) is 7.99. The van der Waals surface area contributed by atoms with E-state index in [9.17, 15) is 4.79 Å². The zero-order chi connectivity index (χ0) is 21.1. The Kier molecular flexibility index (Phi) is 6.04. The maximum atomic E-state index is 12.8. The molecule has 156 valence electrons. The maximum absolute atomic E-state index is 12.8. The van der Waals surface area contributed by atoms with Gasteiger partial charge in [-0.1, -0.05) is 30.7 Å². The van der Waals surface area contributed by atoms with Crippen LogP contribution in [0.4, 0.5) is 5.69 Å². The van der Waals surface area contributed by atoms with E-state index in [4.69, 9.17) is 11.6 Å².